The Balaban J connectivity index is 3.91. The quantitative estimate of drug-likeness (QED) is 0.672. The maximum Gasteiger partial charge on any atom is 0.508 e. The van der Waals surface area contributed by atoms with Crippen LogP contribution in [0, 0.1) is 0 Å². The van der Waals surface area contributed by atoms with E-state index in [0.717, 1.165) is 6.42 Å². The van der Waals surface area contributed by atoms with E-state index in [2.05, 4.69) is 4.74 Å². The fraction of sp³-hybridized carbons (Fsp3) is 0.818. The van der Waals surface area contributed by atoms with E-state index in [1.54, 1.807) is 20.8 Å². The van der Waals surface area contributed by atoms with Gasteiger partial charge in [-0.05, 0) is 27.2 Å². The van der Waals surface area contributed by atoms with E-state index in [4.69, 9.17) is 14.2 Å². The first-order valence-electron chi connectivity index (χ1n) is 5.68. The average molecular weight is 248 g/mol. The van der Waals surface area contributed by atoms with Crippen molar-refractivity contribution in [2.45, 2.75) is 46.3 Å². The highest BCUT2D eigenvalue weighted by atomic mass is 16.8. The minimum atomic E-state index is -0.780. The molecule has 0 heterocycles. The van der Waals surface area contributed by atoms with Crippen LogP contribution < -0.4 is 0 Å². The third kappa shape index (κ3) is 7.43. The van der Waals surface area contributed by atoms with Crippen molar-refractivity contribution in [2.24, 2.45) is 0 Å². The van der Waals surface area contributed by atoms with Crippen LogP contribution in [-0.2, 0) is 18.9 Å². The highest BCUT2D eigenvalue weighted by Gasteiger charge is 2.21. The third-order valence-corrected chi connectivity index (χ3v) is 1.91. The highest BCUT2D eigenvalue weighted by molar-refractivity contribution is 5.61. The van der Waals surface area contributed by atoms with Gasteiger partial charge in [0.1, 0.15) is 12.2 Å². The zero-order valence-electron chi connectivity index (χ0n) is 10.7. The smallest absolute Gasteiger partial charge is 0.435 e. The lowest BCUT2D eigenvalue weighted by molar-refractivity contribution is -0.0423. The number of rotatable bonds is 6. The Kier molecular flexibility index (Phi) is 7.92. The van der Waals surface area contributed by atoms with Gasteiger partial charge in [0.05, 0.1) is 13.2 Å². The molecule has 0 saturated heterocycles. The Morgan fingerprint density at radius 3 is 1.82 bits per heavy atom. The van der Waals surface area contributed by atoms with Crippen molar-refractivity contribution in [1.82, 2.24) is 0 Å². The Morgan fingerprint density at radius 1 is 0.941 bits per heavy atom. The SMILES string of the molecule is CCCOC(=O)OC(C)C(C)OC(=O)OCC. The van der Waals surface area contributed by atoms with Crippen LogP contribution in [0.4, 0.5) is 9.59 Å². The molecule has 0 aromatic heterocycles. The molecule has 6 heteroatoms. The van der Waals surface area contributed by atoms with Gasteiger partial charge in [-0.15, -0.1) is 0 Å². The molecule has 0 aliphatic heterocycles. The number of ether oxygens (including phenoxy) is 4. The van der Waals surface area contributed by atoms with Crippen LogP contribution in [0.15, 0.2) is 0 Å². The monoisotopic (exact) mass is 248 g/mol. The van der Waals surface area contributed by atoms with Crippen molar-refractivity contribution >= 4 is 12.3 Å². The molecule has 0 aromatic rings. The lowest BCUT2D eigenvalue weighted by Crippen LogP contribution is -2.31. The predicted octanol–water partition coefficient (Wildman–Crippen LogP) is 2.50. The molecule has 0 aliphatic carbocycles. The minimum Gasteiger partial charge on any atom is -0.435 e. The second kappa shape index (κ2) is 8.66. The van der Waals surface area contributed by atoms with Crippen LogP contribution in [0.25, 0.3) is 0 Å². The largest absolute Gasteiger partial charge is 0.508 e. The average Bonchev–Trinajstić information content (AvgIpc) is 2.26. The maximum atomic E-state index is 11.1. The van der Waals surface area contributed by atoms with Gasteiger partial charge in [0, 0.05) is 0 Å². The Hall–Kier alpha value is -1.46. The molecule has 0 aliphatic rings. The number of carbonyl (C=O) groups excluding carboxylic acids is 2. The van der Waals surface area contributed by atoms with E-state index in [1.807, 2.05) is 6.92 Å². The van der Waals surface area contributed by atoms with Crippen LogP contribution in [-0.4, -0.2) is 37.7 Å². The van der Waals surface area contributed by atoms with Gasteiger partial charge in [0.25, 0.3) is 0 Å². The van der Waals surface area contributed by atoms with E-state index in [0.29, 0.717) is 6.61 Å². The molecule has 0 saturated carbocycles. The fourth-order valence-corrected chi connectivity index (χ4v) is 0.866. The topological polar surface area (TPSA) is 71.1 Å². The minimum absolute atomic E-state index is 0.235. The van der Waals surface area contributed by atoms with E-state index in [1.165, 1.54) is 0 Å². The van der Waals surface area contributed by atoms with Crippen LogP contribution in [0.2, 0.25) is 0 Å². The van der Waals surface area contributed by atoms with E-state index in [-0.39, 0.29) is 6.61 Å². The van der Waals surface area contributed by atoms with E-state index >= 15 is 0 Å². The molecule has 6 nitrogen and oxygen atoms in total. The highest BCUT2D eigenvalue weighted by Crippen LogP contribution is 2.06. The number of carbonyl (C=O) groups is 2. The number of hydrogen-bond donors (Lipinski definition) is 0. The molecule has 0 radical (unpaired) electrons. The maximum absolute atomic E-state index is 11.1. The molecule has 0 spiro atoms. The molecule has 0 bridgehead atoms. The van der Waals surface area contributed by atoms with Crippen LogP contribution in [0.1, 0.15) is 34.1 Å². The zero-order chi connectivity index (χ0) is 13.3. The van der Waals surface area contributed by atoms with Crippen molar-refractivity contribution in [1.29, 1.82) is 0 Å². The summed E-state index contributed by atoms with van der Waals surface area (Å²) < 4.78 is 19.1. The third-order valence-electron chi connectivity index (χ3n) is 1.91. The van der Waals surface area contributed by atoms with Gasteiger partial charge in [-0.2, -0.15) is 0 Å². The molecule has 0 amide bonds. The molecular formula is C11H20O6. The van der Waals surface area contributed by atoms with E-state index < -0.39 is 24.5 Å². The molecule has 0 rings (SSSR count). The molecule has 0 N–H and O–H groups in total. The summed E-state index contributed by atoms with van der Waals surface area (Å²) in [6, 6.07) is 0. The predicted molar refractivity (Wildman–Crippen MR) is 59.8 cm³/mol. The summed E-state index contributed by atoms with van der Waals surface area (Å²) in [7, 11) is 0. The molecule has 2 unspecified atom stereocenters. The Morgan fingerprint density at radius 2 is 1.41 bits per heavy atom. The van der Waals surface area contributed by atoms with Gasteiger partial charge >= 0.3 is 12.3 Å². The summed E-state index contributed by atoms with van der Waals surface area (Å²) in [5, 5.41) is 0. The summed E-state index contributed by atoms with van der Waals surface area (Å²) >= 11 is 0. The van der Waals surface area contributed by atoms with Crippen molar-refractivity contribution in [3.63, 3.8) is 0 Å². The van der Waals surface area contributed by atoms with Gasteiger partial charge in [-0.3, -0.25) is 0 Å². The van der Waals surface area contributed by atoms with Crippen LogP contribution in [0.3, 0.4) is 0 Å². The Labute approximate surface area is 101 Å². The van der Waals surface area contributed by atoms with Crippen LogP contribution >= 0.6 is 0 Å². The molecule has 2 atom stereocenters. The fourth-order valence-electron chi connectivity index (χ4n) is 0.866. The first kappa shape index (κ1) is 15.5. The lowest BCUT2D eigenvalue weighted by Gasteiger charge is -2.19. The first-order valence-corrected chi connectivity index (χ1v) is 5.68. The second-order valence-electron chi connectivity index (χ2n) is 3.43. The summed E-state index contributed by atoms with van der Waals surface area (Å²) in [4.78, 5) is 22.1. The van der Waals surface area contributed by atoms with Gasteiger partial charge in [-0.25, -0.2) is 9.59 Å². The molecule has 17 heavy (non-hydrogen) atoms. The standard InChI is InChI=1S/C11H20O6/c1-5-7-15-11(13)17-9(4)8(3)16-10(12)14-6-2/h8-9H,5-7H2,1-4H3. The van der Waals surface area contributed by atoms with E-state index in [9.17, 15) is 9.59 Å². The van der Waals surface area contributed by atoms with Gasteiger partial charge in [0.2, 0.25) is 0 Å². The molecule has 100 valence electrons. The first-order chi connectivity index (χ1) is 8.01. The summed E-state index contributed by atoms with van der Waals surface area (Å²) in [6.07, 6.45) is -2.01. The van der Waals surface area contributed by atoms with Crippen molar-refractivity contribution in [3.05, 3.63) is 0 Å². The Bertz CT molecular complexity index is 240. The van der Waals surface area contributed by atoms with Crippen molar-refractivity contribution in [3.8, 4) is 0 Å². The normalized spacial score (nSPS) is 13.4. The molecular weight excluding hydrogens is 228 g/mol. The molecule has 0 fully saturated rings. The summed E-state index contributed by atoms with van der Waals surface area (Å²) in [5.41, 5.74) is 0. The molecule has 0 aromatic carbocycles. The number of hydrogen-bond acceptors (Lipinski definition) is 6. The second-order valence-corrected chi connectivity index (χ2v) is 3.43. The lowest BCUT2D eigenvalue weighted by atomic mass is 10.2. The van der Waals surface area contributed by atoms with Gasteiger partial charge < -0.3 is 18.9 Å². The van der Waals surface area contributed by atoms with Crippen molar-refractivity contribution < 1.29 is 28.5 Å². The zero-order valence-corrected chi connectivity index (χ0v) is 10.7. The van der Waals surface area contributed by atoms with Gasteiger partial charge in [-0.1, -0.05) is 6.92 Å². The summed E-state index contributed by atoms with van der Waals surface area (Å²) in [6.45, 7) is 7.31. The summed E-state index contributed by atoms with van der Waals surface area (Å²) in [5.74, 6) is 0. The van der Waals surface area contributed by atoms with Crippen LogP contribution in [0.5, 0.6) is 0 Å². The van der Waals surface area contributed by atoms with Gasteiger partial charge in [0.15, 0.2) is 0 Å². The van der Waals surface area contributed by atoms with Crippen molar-refractivity contribution in [2.75, 3.05) is 13.2 Å².